The van der Waals surface area contributed by atoms with Gasteiger partial charge in [0.1, 0.15) is 0 Å². The zero-order valence-electron chi connectivity index (χ0n) is 10.0. The van der Waals surface area contributed by atoms with Crippen molar-refractivity contribution in [2.45, 2.75) is 58.9 Å². The van der Waals surface area contributed by atoms with E-state index >= 15 is 0 Å². The van der Waals surface area contributed by atoms with Gasteiger partial charge in [0.15, 0.2) is 0 Å². The Morgan fingerprint density at radius 3 is 2.21 bits per heavy atom. The lowest BCUT2D eigenvalue weighted by molar-refractivity contribution is 0.585. The maximum absolute atomic E-state index is 4.36. The number of hydrogen-bond donors (Lipinski definition) is 0. The summed E-state index contributed by atoms with van der Waals surface area (Å²) in [6.07, 6.45) is 6.81. The molecular formula is C12H22N2. The SMILES string of the molecule is CC.CC(C)(C)c1cnn(C2CC2)c1. The zero-order chi connectivity index (χ0) is 10.8. The van der Waals surface area contributed by atoms with E-state index in [1.165, 1.54) is 18.4 Å². The lowest BCUT2D eigenvalue weighted by atomic mass is 9.90. The highest BCUT2D eigenvalue weighted by Crippen LogP contribution is 2.35. The maximum Gasteiger partial charge on any atom is 0.0527 e. The fourth-order valence-corrected chi connectivity index (χ4v) is 1.26. The van der Waals surface area contributed by atoms with Crippen LogP contribution in [0.25, 0.3) is 0 Å². The van der Waals surface area contributed by atoms with Crippen molar-refractivity contribution in [1.82, 2.24) is 9.78 Å². The van der Waals surface area contributed by atoms with Gasteiger partial charge < -0.3 is 0 Å². The second kappa shape index (κ2) is 4.16. The first-order valence-corrected chi connectivity index (χ1v) is 5.62. The summed E-state index contributed by atoms with van der Waals surface area (Å²) in [6, 6.07) is 0.709. The molecule has 0 N–H and O–H groups in total. The molecule has 1 aromatic heterocycles. The molecular weight excluding hydrogens is 172 g/mol. The fraction of sp³-hybridized carbons (Fsp3) is 0.750. The Morgan fingerprint density at radius 2 is 1.86 bits per heavy atom. The van der Waals surface area contributed by atoms with Crippen molar-refractivity contribution in [2.75, 3.05) is 0 Å². The van der Waals surface area contributed by atoms with Crippen LogP contribution < -0.4 is 0 Å². The second-order valence-corrected chi connectivity index (χ2v) is 4.69. The van der Waals surface area contributed by atoms with Gasteiger partial charge in [-0.05, 0) is 23.8 Å². The van der Waals surface area contributed by atoms with Gasteiger partial charge in [-0.1, -0.05) is 34.6 Å². The summed E-state index contributed by atoms with van der Waals surface area (Å²) < 4.78 is 2.11. The smallest absolute Gasteiger partial charge is 0.0527 e. The monoisotopic (exact) mass is 194 g/mol. The van der Waals surface area contributed by atoms with E-state index in [1.54, 1.807) is 0 Å². The molecule has 1 aliphatic carbocycles. The Morgan fingerprint density at radius 1 is 1.29 bits per heavy atom. The van der Waals surface area contributed by atoms with E-state index in [1.807, 2.05) is 20.0 Å². The van der Waals surface area contributed by atoms with Crippen molar-refractivity contribution >= 4 is 0 Å². The predicted octanol–water partition coefficient (Wildman–Crippen LogP) is 3.54. The van der Waals surface area contributed by atoms with Crippen LogP contribution in [0.15, 0.2) is 12.4 Å². The highest BCUT2D eigenvalue weighted by Gasteiger charge is 2.25. The molecule has 2 nitrogen and oxygen atoms in total. The number of aromatic nitrogens is 2. The molecule has 0 amide bonds. The van der Waals surface area contributed by atoms with Crippen molar-refractivity contribution in [1.29, 1.82) is 0 Å². The average Bonchev–Trinajstić information content (AvgIpc) is 2.85. The third-order valence-electron chi connectivity index (χ3n) is 2.39. The third kappa shape index (κ3) is 2.60. The Hall–Kier alpha value is -0.790. The van der Waals surface area contributed by atoms with Crippen LogP contribution in [-0.2, 0) is 5.41 Å². The molecule has 1 aliphatic rings. The molecule has 0 aliphatic heterocycles. The van der Waals surface area contributed by atoms with Crippen LogP contribution in [0.3, 0.4) is 0 Å². The van der Waals surface area contributed by atoms with Crippen LogP contribution in [0.4, 0.5) is 0 Å². The van der Waals surface area contributed by atoms with Crippen molar-refractivity contribution in [2.24, 2.45) is 0 Å². The molecule has 1 fully saturated rings. The molecule has 0 unspecified atom stereocenters. The van der Waals surface area contributed by atoms with Gasteiger partial charge in [-0.3, -0.25) is 4.68 Å². The van der Waals surface area contributed by atoms with Crippen LogP contribution >= 0.6 is 0 Å². The van der Waals surface area contributed by atoms with Gasteiger partial charge in [-0.15, -0.1) is 0 Å². The van der Waals surface area contributed by atoms with E-state index in [9.17, 15) is 0 Å². The normalized spacial score (nSPS) is 16.1. The first-order valence-electron chi connectivity index (χ1n) is 5.62. The summed E-state index contributed by atoms with van der Waals surface area (Å²) in [7, 11) is 0. The highest BCUT2D eigenvalue weighted by atomic mass is 15.3. The maximum atomic E-state index is 4.36. The number of rotatable bonds is 1. The quantitative estimate of drug-likeness (QED) is 0.668. The predicted molar refractivity (Wildman–Crippen MR) is 60.5 cm³/mol. The lowest BCUT2D eigenvalue weighted by Gasteiger charge is -2.14. The molecule has 2 heteroatoms. The summed E-state index contributed by atoms with van der Waals surface area (Å²) in [5, 5.41) is 4.36. The minimum absolute atomic E-state index is 0.243. The molecule has 1 aromatic rings. The standard InChI is InChI=1S/C10H16N2.C2H6/c1-10(2,3)8-6-11-12(7-8)9-4-5-9;1-2/h6-7,9H,4-5H2,1-3H3;1-2H3. The average molecular weight is 194 g/mol. The molecule has 0 atom stereocenters. The molecule has 0 aromatic carbocycles. The van der Waals surface area contributed by atoms with Gasteiger partial charge in [0.2, 0.25) is 0 Å². The van der Waals surface area contributed by atoms with E-state index in [4.69, 9.17) is 0 Å². The van der Waals surface area contributed by atoms with E-state index in [2.05, 4.69) is 36.7 Å². The third-order valence-corrected chi connectivity index (χ3v) is 2.39. The molecule has 0 bridgehead atoms. The van der Waals surface area contributed by atoms with Crippen LogP contribution in [0.1, 0.15) is 59.1 Å². The lowest BCUT2D eigenvalue weighted by Crippen LogP contribution is -2.09. The zero-order valence-corrected chi connectivity index (χ0v) is 10.0. The molecule has 80 valence electrons. The van der Waals surface area contributed by atoms with E-state index in [0.717, 1.165) is 0 Å². The van der Waals surface area contributed by atoms with E-state index < -0.39 is 0 Å². The van der Waals surface area contributed by atoms with Crippen LogP contribution in [-0.4, -0.2) is 9.78 Å². The topological polar surface area (TPSA) is 17.8 Å². The van der Waals surface area contributed by atoms with Gasteiger partial charge in [0.05, 0.1) is 12.2 Å². The number of nitrogens with zero attached hydrogens (tertiary/aromatic N) is 2. The molecule has 2 rings (SSSR count). The fourth-order valence-electron chi connectivity index (χ4n) is 1.26. The Labute approximate surface area is 87.3 Å². The highest BCUT2D eigenvalue weighted by molar-refractivity contribution is 5.15. The summed E-state index contributed by atoms with van der Waals surface area (Å²) in [5.41, 5.74) is 1.59. The van der Waals surface area contributed by atoms with Crippen LogP contribution in [0.5, 0.6) is 0 Å². The van der Waals surface area contributed by atoms with Crippen molar-refractivity contribution in [3.05, 3.63) is 18.0 Å². The van der Waals surface area contributed by atoms with Gasteiger partial charge in [-0.2, -0.15) is 5.10 Å². The largest absolute Gasteiger partial charge is 0.269 e. The second-order valence-electron chi connectivity index (χ2n) is 4.69. The molecule has 1 saturated carbocycles. The van der Waals surface area contributed by atoms with E-state index in [-0.39, 0.29) is 5.41 Å². The van der Waals surface area contributed by atoms with Gasteiger partial charge in [0, 0.05) is 6.20 Å². The first kappa shape index (κ1) is 11.3. The Bertz CT molecular complexity index is 277. The van der Waals surface area contributed by atoms with Crippen molar-refractivity contribution < 1.29 is 0 Å². The van der Waals surface area contributed by atoms with Crippen molar-refractivity contribution in [3.63, 3.8) is 0 Å². The molecule has 14 heavy (non-hydrogen) atoms. The summed E-state index contributed by atoms with van der Waals surface area (Å²) >= 11 is 0. The Kier molecular flexibility index (Phi) is 3.35. The number of hydrogen-bond acceptors (Lipinski definition) is 1. The summed E-state index contributed by atoms with van der Waals surface area (Å²) in [4.78, 5) is 0. The minimum Gasteiger partial charge on any atom is -0.269 e. The molecule has 1 heterocycles. The minimum atomic E-state index is 0.243. The molecule has 0 radical (unpaired) electrons. The van der Waals surface area contributed by atoms with Gasteiger partial charge in [0.25, 0.3) is 0 Å². The van der Waals surface area contributed by atoms with E-state index in [0.29, 0.717) is 6.04 Å². The van der Waals surface area contributed by atoms with Gasteiger partial charge >= 0.3 is 0 Å². The summed E-state index contributed by atoms with van der Waals surface area (Å²) in [5.74, 6) is 0. The molecule has 0 spiro atoms. The first-order chi connectivity index (χ1) is 6.57. The Balaban J connectivity index is 0.000000461. The molecule has 0 saturated heterocycles. The summed E-state index contributed by atoms with van der Waals surface area (Å²) in [6.45, 7) is 10.7. The van der Waals surface area contributed by atoms with Crippen LogP contribution in [0.2, 0.25) is 0 Å². The van der Waals surface area contributed by atoms with Gasteiger partial charge in [-0.25, -0.2) is 0 Å². The van der Waals surface area contributed by atoms with Crippen molar-refractivity contribution in [3.8, 4) is 0 Å². The van der Waals surface area contributed by atoms with Crippen LogP contribution in [0, 0.1) is 0 Å².